The Morgan fingerprint density at radius 2 is 1.97 bits per heavy atom. The summed E-state index contributed by atoms with van der Waals surface area (Å²) in [6.07, 6.45) is 4.75. The normalized spacial score (nSPS) is 18.1. The number of aliphatic hydroxyl groups excluding tert-OH is 1. The molecule has 4 rings (SSSR count). The Morgan fingerprint density at radius 1 is 1.18 bits per heavy atom. The molecule has 3 heterocycles. The lowest BCUT2D eigenvalue weighted by Gasteiger charge is -2.24. The molecule has 2 aromatic heterocycles. The van der Waals surface area contributed by atoms with Crippen LogP contribution in [-0.2, 0) is 21.5 Å². The van der Waals surface area contributed by atoms with E-state index < -0.39 is 17.7 Å². The van der Waals surface area contributed by atoms with Gasteiger partial charge in [0.05, 0.1) is 18.9 Å². The third-order valence-electron chi connectivity index (χ3n) is 5.71. The van der Waals surface area contributed by atoms with Crippen LogP contribution in [0.3, 0.4) is 0 Å². The van der Waals surface area contributed by atoms with Crippen LogP contribution in [0.25, 0.3) is 5.76 Å². The van der Waals surface area contributed by atoms with Crippen LogP contribution in [0, 0.1) is 0 Å². The summed E-state index contributed by atoms with van der Waals surface area (Å²) in [6.45, 7) is 6.25. The average Bonchev–Trinajstić information content (AvgIpc) is 3.41. The van der Waals surface area contributed by atoms with Crippen molar-refractivity contribution in [2.45, 2.75) is 38.8 Å². The number of ketones is 1. The minimum Gasteiger partial charge on any atom is -0.507 e. The lowest BCUT2D eigenvalue weighted by atomic mass is 9.84. The molecule has 7 heteroatoms. The molecular formula is C26H26N2O5. The molecule has 1 aliphatic rings. The Hall–Kier alpha value is -3.87. The van der Waals surface area contributed by atoms with Gasteiger partial charge >= 0.3 is 0 Å². The predicted octanol–water partition coefficient (Wildman–Crippen LogP) is 4.60. The van der Waals surface area contributed by atoms with E-state index in [2.05, 4.69) is 4.98 Å². The largest absolute Gasteiger partial charge is 0.507 e. The molecule has 0 bridgehead atoms. The summed E-state index contributed by atoms with van der Waals surface area (Å²) in [5.41, 5.74) is 1.78. The molecule has 1 N–H and O–H groups in total. The van der Waals surface area contributed by atoms with Crippen molar-refractivity contribution in [1.29, 1.82) is 0 Å². The molecule has 0 aliphatic carbocycles. The zero-order chi connectivity index (χ0) is 23.8. The van der Waals surface area contributed by atoms with Crippen molar-refractivity contribution in [2.24, 2.45) is 0 Å². The highest BCUT2D eigenvalue weighted by atomic mass is 16.5. The standard InChI is InChI=1S/C26H26N2O5/c1-26(2,3)18-13-17(9-10-19(18)32-4)23(29)21-22(20-8-6-12-33-20)28(25(31)24(21)30)15-16-7-5-11-27-14-16/h5-14,22,29H,15H2,1-4H3/b23-21-. The Bertz CT molecular complexity index is 1210. The maximum absolute atomic E-state index is 13.1. The lowest BCUT2D eigenvalue weighted by molar-refractivity contribution is -0.140. The molecule has 1 unspecified atom stereocenters. The third kappa shape index (κ3) is 4.14. The number of hydrogen-bond acceptors (Lipinski definition) is 6. The van der Waals surface area contributed by atoms with Crippen LogP contribution in [0.1, 0.15) is 49.3 Å². The van der Waals surface area contributed by atoms with Crippen molar-refractivity contribution >= 4 is 17.4 Å². The molecule has 1 fully saturated rings. The second kappa shape index (κ2) is 8.58. The van der Waals surface area contributed by atoms with E-state index in [0.29, 0.717) is 17.1 Å². The number of ether oxygens (including phenoxy) is 1. The van der Waals surface area contributed by atoms with E-state index in [9.17, 15) is 14.7 Å². The maximum atomic E-state index is 13.1. The quantitative estimate of drug-likeness (QED) is 0.350. The van der Waals surface area contributed by atoms with Crippen LogP contribution >= 0.6 is 0 Å². The monoisotopic (exact) mass is 446 g/mol. The molecule has 1 saturated heterocycles. The highest BCUT2D eigenvalue weighted by molar-refractivity contribution is 6.46. The molecule has 0 saturated carbocycles. The van der Waals surface area contributed by atoms with Gasteiger partial charge in [0, 0.05) is 30.1 Å². The van der Waals surface area contributed by atoms with Gasteiger partial charge in [0.25, 0.3) is 11.7 Å². The molecule has 3 aromatic rings. The fourth-order valence-electron chi connectivity index (χ4n) is 4.07. The molecule has 1 aliphatic heterocycles. The van der Waals surface area contributed by atoms with Crippen LogP contribution in [0.2, 0.25) is 0 Å². The summed E-state index contributed by atoms with van der Waals surface area (Å²) in [7, 11) is 1.59. The van der Waals surface area contributed by atoms with Crippen molar-refractivity contribution < 1.29 is 23.8 Å². The van der Waals surface area contributed by atoms with Gasteiger partial charge in [-0.05, 0) is 47.4 Å². The number of aliphatic hydroxyl groups is 1. The van der Waals surface area contributed by atoms with Crippen molar-refractivity contribution in [3.05, 3.63) is 89.1 Å². The number of aromatic nitrogens is 1. The van der Waals surface area contributed by atoms with Crippen LogP contribution < -0.4 is 4.74 Å². The molecule has 170 valence electrons. The SMILES string of the molecule is COc1ccc(/C(O)=C2/C(=O)C(=O)N(Cc3cccnc3)C2c2ccco2)cc1C(C)(C)C. The van der Waals surface area contributed by atoms with Crippen LogP contribution in [0.4, 0.5) is 0 Å². The second-order valence-electron chi connectivity index (χ2n) is 8.97. The summed E-state index contributed by atoms with van der Waals surface area (Å²) < 4.78 is 11.1. The Morgan fingerprint density at radius 3 is 2.58 bits per heavy atom. The zero-order valence-electron chi connectivity index (χ0n) is 19.0. The van der Waals surface area contributed by atoms with Crippen LogP contribution in [0.5, 0.6) is 5.75 Å². The van der Waals surface area contributed by atoms with Crippen molar-refractivity contribution in [2.75, 3.05) is 7.11 Å². The summed E-state index contributed by atoms with van der Waals surface area (Å²) in [6, 6.07) is 11.3. The first kappa shape index (κ1) is 22.3. The van der Waals surface area contributed by atoms with Crippen LogP contribution in [-0.4, -0.2) is 33.8 Å². The van der Waals surface area contributed by atoms with Crippen molar-refractivity contribution in [1.82, 2.24) is 9.88 Å². The Labute approximate surface area is 192 Å². The number of furan rings is 1. The van der Waals surface area contributed by atoms with E-state index in [-0.39, 0.29) is 23.3 Å². The fourth-order valence-corrected chi connectivity index (χ4v) is 4.07. The van der Waals surface area contributed by atoms with Gasteiger partial charge in [0.15, 0.2) is 0 Å². The van der Waals surface area contributed by atoms with E-state index in [1.807, 2.05) is 26.8 Å². The van der Waals surface area contributed by atoms with Crippen LogP contribution in [0.15, 0.2) is 71.1 Å². The van der Waals surface area contributed by atoms with Crippen molar-refractivity contribution in [3.8, 4) is 5.75 Å². The molecule has 7 nitrogen and oxygen atoms in total. The number of methoxy groups -OCH3 is 1. The fraction of sp³-hybridized carbons (Fsp3) is 0.269. The number of likely N-dealkylation sites (tertiary alicyclic amines) is 1. The maximum Gasteiger partial charge on any atom is 0.296 e. The molecule has 1 atom stereocenters. The smallest absolute Gasteiger partial charge is 0.296 e. The second-order valence-corrected chi connectivity index (χ2v) is 8.97. The molecule has 1 amide bonds. The third-order valence-corrected chi connectivity index (χ3v) is 5.71. The molecule has 0 radical (unpaired) electrons. The number of nitrogens with zero attached hydrogens (tertiary/aromatic N) is 2. The van der Waals surface area contributed by atoms with Gasteiger partial charge in [-0.1, -0.05) is 26.8 Å². The number of pyridine rings is 1. The number of hydrogen-bond donors (Lipinski definition) is 1. The van der Waals surface area contributed by atoms with Gasteiger partial charge in [0.1, 0.15) is 23.3 Å². The van der Waals surface area contributed by atoms with Gasteiger partial charge in [-0.3, -0.25) is 14.6 Å². The Balaban J connectivity index is 1.86. The summed E-state index contributed by atoms with van der Waals surface area (Å²) in [5, 5.41) is 11.3. The van der Waals surface area contributed by atoms with Gasteiger partial charge in [-0.25, -0.2) is 0 Å². The van der Waals surface area contributed by atoms with Crippen molar-refractivity contribution in [3.63, 3.8) is 0 Å². The van der Waals surface area contributed by atoms with Gasteiger partial charge in [-0.15, -0.1) is 0 Å². The highest BCUT2D eigenvalue weighted by Gasteiger charge is 2.47. The number of carbonyl (C=O) groups is 2. The minimum atomic E-state index is -0.861. The predicted molar refractivity (Wildman–Crippen MR) is 122 cm³/mol. The first-order valence-corrected chi connectivity index (χ1v) is 10.6. The summed E-state index contributed by atoms with van der Waals surface area (Å²) in [5.74, 6) is -0.642. The van der Waals surface area contributed by atoms with Gasteiger partial charge < -0.3 is 19.2 Å². The van der Waals surface area contributed by atoms with E-state index in [0.717, 1.165) is 11.1 Å². The summed E-state index contributed by atoms with van der Waals surface area (Å²) in [4.78, 5) is 31.7. The minimum absolute atomic E-state index is 0.0103. The molecule has 33 heavy (non-hydrogen) atoms. The number of amides is 1. The molecular weight excluding hydrogens is 420 g/mol. The van der Waals surface area contributed by atoms with E-state index in [4.69, 9.17) is 9.15 Å². The number of rotatable bonds is 5. The van der Waals surface area contributed by atoms with E-state index in [1.54, 1.807) is 55.9 Å². The van der Waals surface area contributed by atoms with E-state index in [1.165, 1.54) is 11.2 Å². The first-order chi connectivity index (χ1) is 15.7. The van der Waals surface area contributed by atoms with Gasteiger partial charge in [0.2, 0.25) is 0 Å². The first-order valence-electron chi connectivity index (χ1n) is 10.6. The number of Topliss-reactive ketones (excluding diaryl/α,β-unsaturated/α-hetero) is 1. The average molecular weight is 447 g/mol. The Kier molecular flexibility index (Phi) is 5.80. The zero-order valence-corrected chi connectivity index (χ0v) is 19.0. The topological polar surface area (TPSA) is 92.9 Å². The molecule has 0 spiro atoms. The number of benzene rings is 1. The summed E-state index contributed by atoms with van der Waals surface area (Å²) >= 11 is 0. The lowest BCUT2D eigenvalue weighted by Crippen LogP contribution is -2.29. The van der Waals surface area contributed by atoms with E-state index >= 15 is 0 Å². The number of carbonyl (C=O) groups excluding carboxylic acids is 2. The molecule has 1 aromatic carbocycles. The van der Waals surface area contributed by atoms with Gasteiger partial charge in [-0.2, -0.15) is 0 Å². The highest BCUT2D eigenvalue weighted by Crippen LogP contribution is 2.41.